The lowest BCUT2D eigenvalue weighted by atomic mass is 10.1. The number of rotatable bonds is 7. The molecule has 1 amide bonds. The molecule has 0 radical (unpaired) electrons. The van der Waals surface area contributed by atoms with Gasteiger partial charge in [0.1, 0.15) is 5.75 Å². The summed E-state index contributed by atoms with van der Waals surface area (Å²) in [6.07, 6.45) is 0.140. The summed E-state index contributed by atoms with van der Waals surface area (Å²) in [4.78, 5) is 25.7. The second-order valence-electron chi connectivity index (χ2n) is 6.49. The summed E-state index contributed by atoms with van der Waals surface area (Å²) >= 11 is 0. The molecule has 0 bridgehead atoms. The van der Waals surface area contributed by atoms with Crippen molar-refractivity contribution in [2.24, 2.45) is 0 Å². The van der Waals surface area contributed by atoms with E-state index in [2.05, 4.69) is 0 Å². The molecule has 1 aliphatic rings. The average molecular weight is 383 g/mol. The maximum Gasteiger partial charge on any atom is 0.306 e. The molecule has 0 unspecified atom stereocenters. The van der Waals surface area contributed by atoms with Gasteiger partial charge in [-0.3, -0.25) is 9.59 Å². The lowest BCUT2D eigenvalue weighted by molar-refractivity contribution is -0.159. The van der Waals surface area contributed by atoms with Crippen molar-refractivity contribution in [2.45, 2.75) is 38.3 Å². The van der Waals surface area contributed by atoms with Gasteiger partial charge in [-0.05, 0) is 37.5 Å². The molecule has 1 aromatic carbocycles. The lowest BCUT2D eigenvalue weighted by Crippen LogP contribution is -2.44. The fourth-order valence-electron chi connectivity index (χ4n) is 2.89. The highest BCUT2D eigenvalue weighted by Crippen LogP contribution is 2.18. The molecule has 1 aromatic rings. The summed E-state index contributed by atoms with van der Waals surface area (Å²) in [7, 11) is 0.0596. The van der Waals surface area contributed by atoms with Gasteiger partial charge in [0.2, 0.25) is 0 Å². The molecule has 2 rings (SSSR count). The summed E-state index contributed by atoms with van der Waals surface area (Å²) < 4.78 is 33.4. The Bertz CT molecular complexity index is 743. The van der Waals surface area contributed by atoms with Crippen LogP contribution in [-0.2, 0) is 30.6 Å². The largest absolute Gasteiger partial charge is 0.497 e. The number of carbonyl (C=O) groups excluding carboxylic acids is 2. The van der Waals surface area contributed by atoms with E-state index in [1.165, 1.54) is 11.8 Å². The molecule has 1 heterocycles. The fraction of sp³-hybridized carbons (Fsp3) is 0.556. The summed E-state index contributed by atoms with van der Waals surface area (Å²) in [6, 6.07) is 7.02. The van der Waals surface area contributed by atoms with Gasteiger partial charge in [0.25, 0.3) is 5.91 Å². The van der Waals surface area contributed by atoms with Gasteiger partial charge >= 0.3 is 5.97 Å². The minimum atomic E-state index is -3.08. The molecular formula is C18H25NO6S. The van der Waals surface area contributed by atoms with E-state index < -0.39 is 21.9 Å². The normalized spacial score (nSPS) is 19.6. The zero-order valence-corrected chi connectivity index (χ0v) is 16.1. The topological polar surface area (TPSA) is 90.0 Å². The van der Waals surface area contributed by atoms with Crippen LogP contribution in [0.1, 0.15) is 25.3 Å². The molecule has 0 N–H and O–H groups in total. The van der Waals surface area contributed by atoms with Gasteiger partial charge in [0.05, 0.1) is 18.6 Å². The maximum atomic E-state index is 12.4. The molecule has 1 saturated heterocycles. The lowest BCUT2D eigenvalue weighted by Gasteiger charge is -2.26. The van der Waals surface area contributed by atoms with Crippen LogP contribution >= 0.6 is 0 Å². The molecule has 0 spiro atoms. The first kappa shape index (κ1) is 20.2. The van der Waals surface area contributed by atoms with E-state index in [1.807, 2.05) is 24.3 Å². The van der Waals surface area contributed by atoms with Crippen molar-refractivity contribution in [2.75, 3.05) is 25.7 Å². The van der Waals surface area contributed by atoms with Crippen LogP contribution in [0.15, 0.2) is 24.3 Å². The number of carbonyl (C=O) groups is 2. The van der Waals surface area contributed by atoms with Crippen molar-refractivity contribution in [3.63, 3.8) is 0 Å². The van der Waals surface area contributed by atoms with Crippen LogP contribution in [0.2, 0.25) is 0 Å². The maximum absolute atomic E-state index is 12.4. The number of benzene rings is 1. The Morgan fingerprint density at radius 3 is 2.46 bits per heavy atom. The van der Waals surface area contributed by atoms with Crippen molar-refractivity contribution in [1.29, 1.82) is 0 Å². The second-order valence-corrected chi connectivity index (χ2v) is 8.71. The van der Waals surface area contributed by atoms with Crippen LogP contribution in [0.5, 0.6) is 5.75 Å². The number of ether oxygens (including phenoxy) is 2. The zero-order chi connectivity index (χ0) is 19.3. The van der Waals surface area contributed by atoms with Crippen molar-refractivity contribution >= 4 is 21.7 Å². The van der Waals surface area contributed by atoms with E-state index >= 15 is 0 Å². The van der Waals surface area contributed by atoms with Crippen molar-refractivity contribution in [3.05, 3.63) is 29.8 Å². The zero-order valence-electron chi connectivity index (χ0n) is 15.3. The Hall–Kier alpha value is -2.09. The molecule has 144 valence electrons. The number of hydrogen-bond donors (Lipinski definition) is 0. The third kappa shape index (κ3) is 5.45. The Morgan fingerprint density at radius 2 is 1.92 bits per heavy atom. The van der Waals surface area contributed by atoms with Crippen LogP contribution in [0.25, 0.3) is 0 Å². The van der Waals surface area contributed by atoms with Gasteiger partial charge in [-0.2, -0.15) is 0 Å². The molecule has 7 nitrogen and oxygen atoms in total. The first-order chi connectivity index (χ1) is 12.2. The summed E-state index contributed by atoms with van der Waals surface area (Å²) in [6.45, 7) is 1.51. The molecule has 2 atom stereocenters. The monoisotopic (exact) mass is 383 g/mol. The van der Waals surface area contributed by atoms with Gasteiger partial charge in [0.15, 0.2) is 15.9 Å². The predicted molar refractivity (Wildman–Crippen MR) is 96.7 cm³/mol. The van der Waals surface area contributed by atoms with Gasteiger partial charge in [0, 0.05) is 19.5 Å². The van der Waals surface area contributed by atoms with E-state index in [9.17, 15) is 18.0 Å². The minimum absolute atomic E-state index is 0.0343. The van der Waals surface area contributed by atoms with E-state index in [0.29, 0.717) is 12.8 Å². The molecule has 1 fully saturated rings. The molecule has 1 aliphatic heterocycles. The average Bonchev–Trinajstić information content (AvgIpc) is 2.98. The minimum Gasteiger partial charge on any atom is -0.497 e. The van der Waals surface area contributed by atoms with Crippen molar-refractivity contribution in [3.8, 4) is 5.75 Å². The molecule has 26 heavy (non-hydrogen) atoms. The van der Waals surface area contributed by atoms with E-state index in [0.717, 1.165) is 11.3 Å². The van der Waals surface area contributed by atoms with Crippen molar-refractivity contribution in [1.82, 2.24) is 4.90 Å². The molecule has 8 heteroatoms. The van der Waals surface area contributed by atoms with Crippen LogP contribution in [-0.4, -0.2) is 63.0 Å². The van der Waals surface area contributed by atoms with E-state index in [4.69, 9.17) is 9.47 Å². The summed E-state index contributed by atoms with van der Waals surface area (Å²) in [5, 5.41) is 0. The summed E-state index contributed by atoms with van der Waals surface area (Å²) in [5.74, 6) is -0.0508. The first-order valence-electron chi connectivity index (χ1n) is 8.51. The van der Waals surface area contributed by atoms with Crippen molar-refractivity contribution < 1.29 is 27.5 Å². The van der Waals surface area contributed by atoms with Crippen LogP contribution < -0.4 is 4.74 Å². The van der Waals surface area contributed by atoms with Crippen LogP contribution in [0.3, 0.4) is 0 Å². The quantitative estimate of drug-likeness (QED) is 0.658. The van der Waals surface area contributed by atoms with Gasteiger partial charge in [-0.15, -0.1) is 0 Å². The number of amides is 1. The number of likely N-dealkylation sites (N-methyl/N-ethyl adjacent to an activating group) is 1. The molecule has 0 aliphatic carbocycles. The Morgan fingerprint density at radius 1 is 1.27 bits per heavy atom. The van der Waals surface area contributed by atoms with Crippen LogP contribution in [0.4, 0.5) is 0 Å². The first-order valence-corrected chi connectivity index (χ1v) is 10.3. The Balaban J connectivity index is 1.80. The number of esters is 1. The second kappa shape index (κ2) is 8.53. The summed E-state index contributed by atoms with van der Waals surface area (Å²) in [5.41, 5.74) is 0.968. The fourth-order valence-corrected chi connectivity index (χ4v) is 4.67. The SMILES string of the molecule is COc1ccc(CCC(=O)O[C@@H](C)C(=O)N(C)[C@H]2CCS(=O)(=O)C2)cc1. The predicted octanol–water partition coefficient (Wildman–Crippen LogP) is 1.21. The van der Waals surface area contributed by atoms with E-state index in [1.54, 1.807) is 14.2 Å². The van der Waals surface area contributed by atoms with Gasteiger partial charge in [-0.1, -0.05) is 12.1 Å². The highest BCUT2D eigenvalue weighted by molar-refractivity contribution is 7.91. The van der Waals surface area contributed by atoms with Gasteiger partial charge < -0.3 is 14.4 Å². The standard InChI is InChI=1S/C18H25NO6S/c1-13(18(21)19(2)15-10-11-26(22,23)12-15)25-17(20)9-6-14-4-7-16(24-3)8-5-14/h4-5,7-8,13,15H,6,9-12H2,1-3H3/t13-,15-/m0/s1. The van der Waals surface area contributed by atoms with Crippen LogP contribution in [0, 0.1) is 0 Å². The molecule has 0 aromatic heterocycles. The Kier molecular flexibility index (Phi) is 6.63. The third-order valence-electron chi connectivity index (χ3n) is 4.54. The molecular weight excluding hydrogens is 358 g/mol. The number of nitrogens with zero attached hydrogens (tertiary/aromatic N) is 1. The Labute approximate surface area is 154 Å². The van der Waals surface area contributed by atoms with E-state index in [-0.39, 0.29) is 29.9 Å². The molecule has 0 saturated carbocycles. The highest BCUT2D eigenvalue weighted by Gasteiger charge is 2.34. The number of aryl methyl sites for hydroxylation is 1. The smallest absolute Gasteiger partial charge is 0.306 e. The number of hydrogen-bond acceptors (Lipinski definition) is 6. The number of sulfone groups is 1. The number of methoxy groups -OCH3 is 1. The van der Waals surface area contributed by atoms with Gasteiger partial charge in [-0.25, -0.2) is 8.42 Å². The third-order valence-corrected chi connectivity index (χ3v) is 6.29. The highest BCUT2D eigenvalue weighted by atomic mass is 32.2.